The second kappa shape index (κ2) is 7.45. The Labute approximate surface area is 127 Å². The number of nitrogens with two attached hydrogens (primary N) is 1. The van der Waals surface area contributed by atoms with Gasteiger partial charge in [0.2, 0.25) is 5.88 Å². The second-order valence-electron chi connectivity index (χ2n) is 5.87. The van der Waals surface area contributed by atoms with Crippen LogP contribution in [0, 0.1) is 5.92 Å². The number of nitrogens with one attached hydrogen (secondary N) is 1. The zero-order valence-electron chi connectivity index (χ0n) is 13.3. The van der Waals surface area contributed by atoms with Gasteiger partial charge >= 0.3 is 0 Å². The smallest absolute Gasteiger partial charge is 0.242 e. The zero-order chi connectivity index (χ0) is 15.2. The molecule has 1 aliphatic rings. The minimum Gasteiger partial charge on any atom is -0.473 e. The summed E-state index contributed by atoms with van der Waals surface area (Å²) in [7, 11) is 0. The number of ether oxygens (including phenoxy) is 1. The number of aromatic nitrogens is 2. The number of piperidine rings is 1. The third-order valence-electron chi connectivity index (χ3n) is 3.91. The van der Waals surface area contributed by atoms with E-state index in [1.165, 1.54) is 32.3 Å². The maximum atomic E-state index is 6.07. The van der Waals surface area contributed by atoms with Crippen LogP contribution in [0.4, 0.5) is 11.5 Å². The first kappa shape index (κ1) is 15.8. The third-order valence-corrected chi connectivity index (χ3v) is 3.91. The van der Waals surface area contributed by atoms with E-state index in [1.54, 1.807) is 0 Å². The normalized spacial score (nSPS) is 17.1. The van der Waals surface area contributed by atoms with Crippen molar-refractivity contribution in [2.75, 3.05) is 37.2 Å². The van der Waals surface area contributed by atoms with Crippen LogP contribution in [-0.2, 0) is 0 Å². The molecule has 1 fully saturated rings. The molecule has 0 spiro atoms. The molecule has 3 N–H and O–H groups in total. The Bertz CT molecular complexity index is 444. The van der Waals surface area contributed by atoms with Gasteiger partial charge in [0.15, 0.2) is 5.82 Å². The monoisotopic (exact) mass is 293 g/mol. The van der Waals surface area contributed by atoms with Gasteiger partial charge in [-0.25, -0.2) is 4.98 Å². The van der Waals surface area contributed by atoms with E-state index in [-0.39, 0.29) is 6.10 Å². The molecule has 0 amide bonds. The summed E-state index contributed by atoms with van der Waals surface area (Å²) in [5.41, 5.74) is 6.57. The quantitative estimate of drug-likeness (QED) is 0.835. The van der Waals surface area contributed by atoms with E-state index >= 15 is 0 Å². The molecule has 0 unspecified atom stereocenters. The van der Waals surface area contributed by atoms with Gasteiger partial charge in [0.05, 0.1) is 6.10 Å². The van der Waals surface area contributed by atoms with Crippen LogP contribution in [0.2, 0.25) is 0 Å². The van der Waals surface area contributed by atoms with Gasteiger partial charge in [0.25, 0.3) is 0 Å². The molecule has 6 heteroatoms. The molecule has 1 aromatic rings. The maximum absolute atomic E-state index is 6.07. The lowest BCUT2D eigenvalue weighted by Crippen LogP contribution is -2.35. The van der Waals surface area contributed by atoms with Gasteiger partial charge in [0, 0.05) is 6.54 Å². The van der Waals surface area contributed by atoms with Gasteiger partial charge in [-0.05, 0) is 52.2 Å². The molecule has 21 heavy (non-hydrogen) atoms. The molecular weight excluding hydrogens is 266 g/mol. The van der Waals surface area contributed by atoms with E-state index in [0.717, 1.165) is 13.1 Å². The number of rotatable bonds is 6. The number of hydrogen-bond acceptors (Lipinski definition) is 6. The molecule has 1 saturated heterocycles. The predicted octanol–water partition coefficient (Wildman–Crippen LogP) is 1.99. The molecule has 2 rings (SSSR count). The second-order valence-corrected chi connectivity index (χ2v) is 5.87. The highest BCUT2D eigenvalue weighted by Crippen LogP contribution is 2.26. The summed E-state index contributed by atoms with van der Waals surface area (Å²) in [5.74, 6) is 1.82. The van der Waals surface area contributed by atoms with Crippen molar-refractivity contribution in [3.8, 4) is 5.88 Å². The SMILES string of the molecule is CCN1CCC(CNc2ncnc(OC(C)C)c2N)CC1. The standard InChI is InChI=1S/C15H27N5O/c1-4-20-7-5-12(6-8-20)9-17-14-13(16)15(19-10-18-14)21-11(2)3/h10-12H,4-9,16H2,1-3H3,(H,17,18,19). The van der Waals surface area contributed by atoms with Crippen LogP contribution in [0.15, 0.2) is 6.33 Å². The molecule has 0 aromatic carbocycles. The molecule has 2 heterocycles. The summed E-state index contributed by atoms with van der Waals surface area (Å²) in [6.07, 6.45) is 3.99. The summed E-state index contributed by atoms with van der Waals surface area (Å²) < 4.78 is 5.58. The number of nitrogen functional groups attached to an aromatic ring is 1. The van der Waals surface area contributed by atoms with Crippen LogP contribution < -0.4 is 15.8 Å². The Morgan fingerprint density at radius 3 is 2.71 bits per heavy atom. The molecule has 0 saturated carbocycles. The van der Waals surface area contributed by atoms with Crippen LogP contribution in [-0.4, -0.2) is 47.2 Å². The van der Waals surface area contributed by atoms with Crippen LogP contribution in [0.5, 0.6) is 5.88 Å². The summed E-state index contributed by atoms with van der Waals surface area (Å²) in [4.78, 5) is 10.8. The lowest BCUT2D eigenvalue weighted by molar-refractivity contribution is 0.198. The average Bonchev–Trinajstić information content (AvgIpc) is 2.48. The van der Waals surface area contributed by atoms with Crippen molar-refractivity contribution in [1.29, 1.82) is 0 Å². The predicted molar refractivity (Wildman–Crippen MR) is 85.5 cm³/mol. The first-order chi connectivity index (χ1) is 10.1. The first-order valence-electron chi connectivity index (χ1n) is 7.83. The molecule has 6 nitrogen and oxygen atoms in total. The van der Waals surface area contributed by atoms with Gasteiger partial charge in [-0.3, -0.25) is 0 Å². The molecule has 0 radical (unpaired) electrons. The van der Waals surface area contributed by atoms with E-state index in [1.807, 2.05) is 13.8 Å². The highest BCUT2D eigenvalue weighted by molar-refractivity contribution is 5.66. The molecule has 118 valence electrons. The molecular formula is C15H27N5O. The van der Waals surface area contributed by atoms with Crippen LogP contribution >= 0.6 is 0 Å². The Kier molecular flexibility index (Phi) is 5.61. The van der Waals surface area contributed by atoms with E-state index < -0.39 is 0 Å². The van der Waals surface area contributed by atoms with Crippen LogP contribution in [0.25, 0.3) is 0 Å². The maximum Gasteiger partial charge on any atom is 0.242 e. The number of likely N-dealkylation sites (tertiary alicyclic amines) is 1. The minimum atomic E-state index is 0.0495. The molecule has 1 aromatic heterocycles. The first-order valence-corrected chi connectivity index (χ1v) is 7.83. The van der Waals surface area contributed by atoms with Gasteiger partial charge in [-0.1, -0.05) is 6.92 Å². The van der Waals surface area contributed by atoms with Crippen molar-refractivity contribution in [2.45, 2.75) is 39.7 Å². The van der Waals surface area contributed by atoms with Gasteiger partial charge < -0.3 is 20.7 Å². The van der Waals surface area contributed by atoms with Crippen molar-refractivity contribution in [3.63, 3.8) is 0 Å². The third kappa shape index (κ3) is 4.46. The van der Waals surface area contributed by atoms with Crippen molar-refractivity contribution >= 4 is 11.5 Å². The Hall–Kier alpha value is -1.56. The summed E-state index contributed by atoms with van der Waals surface area (Å²) >= 11 is 0. The molecule has 0 aliphatic carbocycles. The number of nitrogens with zero attached hydrogens (tertiary/aromatic N) is 3. The number of anilines is 2. The lowest BCUT2D eigenvalue weighted by atomic mass is 9.97. The van der Waals surface area contributed by atoms with E-state index in [9.17, 15) is 0 Å². The largest absolute Gasteiger partial charge is 0.473 e. The fourth-order valence-electron chi connectivity index (χ4n) is 2.59. The highest BCUT2D eigenvalue weighted by atomic mass is 16.5. The topological polar surface area (TPSA) is 76.3 Å². The van der Waals surface area contributed by atoms with Gasteiger partial charge in [0.1, 0.15) is 12.0 Å². The summed E-state index contributed by atoms with van der Waals surface area (Å²) in [6, 6.07) is 0. The van der Waals surface area contributed by atoms with Gasteiger partial charge in [-0.15, -0.1) is 0 Å². The zero-order valence-corrected chi connectivity index (χ0v) is 13.3. The Morgan fingerprint density at radius 1 is 1.38 bits per heavy atom. The number of hydrogen-bond donors (Lipinski definition) is 2. The van der Waals surface area contributed by atoms with E-state index in [0.29, 0.717) is 23.3 Å². The highest BCUT2D eigenvalue weighted by Gasteiger charge is 2.18. The molecule has 0 bridgehead atoms. The minimum absolute atomic E-state index is 0.0495. The summed E-state index contributed by atoms with van der Waals surface area (Å²) in [5, 5.41) is 3.35. The van der Waals surface area contributed by atoms with Crippen LogP contribution in [0.1, 0.15) is 33.6 Å². The lowest BCUT2D eigenvalue weighted by Gasteiger charge is -2.31. The van der Waals surface area contributed by atoms with Crippen LogP contribution in [0.3, 0.4) is 0 Å². The Balaban J connectivity index is 1.88. The molecule has 0 atom stereocenters. The Morgan fingerprint density at radius 2 is 2.10 bits per heavy atom. The summed E-state index contributed by atoms with van der Waals surface area (Å²) in [6.45, 7) is 10.5. The fourth-order valence-corrected chi connectivity index (χ4v) is 2.59. The van der Waals surface area contributed by atoms with E-state index in [4.69, 9.17) is 10.5 Å². The fraction of sp³-hybridized carbons (Fsp3) is 0.733. The van der Waals surface area contributed by atoms with Crippen molar-refractivity contribution < 1.29 is 4.74 Å². The van der Waals surface area contributed by atoms with Crippen molar-refractivity contribution in [1.82, 2.24) is 14.9 Å². The molecule has 1 aliphatic heterocycles. The van der Waals surface area contributed by atoms with Crippen molar-refractivity contribution in [3.05, 3.63) is 6.33 Å². The van der Waals surface area contributed by atoms with Crippen molar-refractivity contribution in [2.24, 2.45) is 5.92 Å². The van der Waals surface area contributed by atoms with Gasteiger partial charge in [-0.2, -0.15) is 4.98 Å². The average molecular weight is 293 g/mol. The van der Waals surface area contributed by atoms with E-state index in [2.05, 4.69) is 27.1 Å².